The fourth-order valence-corrected chi connectivity index (χ4v) is 3.31. The van der Waals surface area contributed by atoms with Crippen molar-refractivity contribution in [2.75, 3.05) is 17.7 Å². The molecule has 6 nitrogen and oxygen atoms in total. The molecule has 0 aliphatic rings. The van der Waals surface area contributed by atoms with Crippen molar-refractivity contribution in [2.24, 2.45) is 0 Å². The monoisotopic (exact) mass is 437 g/mol. The minimum atomic E-state index is -0.514. The van der Waals surface area contributed by atoms with Crippen molar-refractivity contribution < 1.29 is 18.7 Å². The molecule has 0 radical (unpaired) electrons. The molecule has 0 spiro atoms. The summed E-state index contributed by atoms with van der Waals surface area (Å²) in [4.78, 5) is 28.2. The van der Waals surface area contributed by atoms with Crippen molar-refractivity contribution >= 4 is 45.7 Å². The minimum Gasteiger partial charge on any atom is -0.495 e. The van der Waals surface area contributed by atoms with E-state index in [1.54, 1.807) is 42.5 Å². The largest absolute Gasteiger partial charge is 0.495 e. The van der Waals surface area contributed by atoms with E-state index in [2.05, 4.69) is 15.6 Å². The summed E-state index contributed by atoms with van der Waals surface area (Å²) in [6.45, 7) is 0. The molecule has 2 amide bonds. The van der Waals surface area contributed by atoms with Crippen molar-refractivity contribution in [1.29, 1.82) is 0 Å². The quantitative estimate of drug-likeness (QED) is 0.387. The van der Waals surface area contributed by atoms with Crippen molar-refractivity contribution in [2.45, 2.75) is 0 Å². The van der Waals surface area contributed by atoms with E-state index < -0.39 is 11.7 Å². The molecule has 1 aromatic heterocycles. The van der Waals surface area contributed by atoms with Crippen LogP contribution in [0.3, 0.4) is 0 Å². The Bertz CT molecular complexity index is 1300. The van der Waals surface area contributed by atoms with Gasteiger partial charge in [0.05, 0.1) is 12.8 Å². The molecule has 0 atom stereocenters. The second kappa shape index (κ2) is 8.49. The highest BCUT2D eigenvalue weighted by molar-refractivity contribution is 6.31. The van der Waals surface area contributed by atoms with Gasteiger partial charge in [0.2, 0.25) is 0 Å². The number of ether oxygens (including phenoxy) is 1. The molecule has 0 aliphatic carbocycles. The van der Waals surface area contributed by atoms with Crippen LogP contribution in [0.4, 0.5) is 15.8 Å². The Balaban J connectivity index is 1.56. The number of fused-ring (bicyclic) bond motifs is 1. The topological polar surface area (TPSA) is 83.2 Å². The number of methoxy groups -OCH3 is 1. The fourth-order valence-electron chi connectivity index (χ4n) is 3.13. The number of hydrogen-bond donors (Lipinski definition) is 3. The Morgan fingerprint density at radius 2 is 1.81 bits per heavy atom. The van der Waals surface area contributed by atoms with Crippen LogP contribution < -0.4 is 15.4 Å². The number of benzene rings is 3. The molecule has 3 aromatic carbocycles. The molecule has 8 heteroatoms. The zero-order valence-corrected chi connectivity index (χ0v) is 17.1. The summed E-state index contributed by atoms with van der Waals surface area (Å²) < 4.78 is 18.7. The third-order valence-electron chi connectivity index (χ3n) is 4.62. The van der Waals surface area contributed by atoms with Crippen LogP contribution in [0.5, 0.6) is 5.75 Å². The zero-order valence-electron chi connectivity index (χ0n) is 16.3. The number of rotatable bonds is 5. The number of halogens is 2. The number of amides is 2. The predicted octanol–water partition coefficient (Wildman–Crippen LogP) is 5.47. The van der Waals surface area contributed by atoms with Gasteiger partial charge in [0.25, 0.3) is 11.8 Å². The smallest absolute Gasteiger partial charge is 0.272 e. The number of anilines is 2. The zero-order chi connectivity index (χ0) is 22.0. The second-order valence-electron chi connectivity index (χ2n) is 6.75. The predicted molar refractivity (Wildman–Crippen MR) is 119 cm³/mol. The number of H-pyrrole nitrogens is 1. The maximum Gasteiger partial charge on any atom is 0.272 e. The Morgan fingerprint density at radius 1 is 0.968 bits per heavy atom. The summed E-state index contributed by atoms with van der Waals surface area (Å²) in [5.41, 5.74) is 2.08. The third kappa shape index (κ3) is 4.51. The third-order valence-corrected chi connectivity index (χ3v) is 4.85. The molecule has 31 heavy (non-hydrogen) atoms. The van der Waals surface area contributed by atoms with Crippen molar-refractivity contribution in [3.05, 3.63) is 88.8 Å². The molecule has 0 saturated carbocycles. The standard InChI is InChI=1S/C23H17ClFN3O3/c1-31-21-8-6-17(12-19(21)28-22(29)13-3-2-4-16(25)10-13)26-23(30)20-11-14-9-15(24)5-7-18(14)27-20/h2-12,27H,1H3,(H,26,30)(H,28,29). The molecule has 0 unspecified atom stereocenters. The maximum atomic E-state index is 13.4. The lowest BCUT2D eigenvalue weighted by Gasteiger charge is -2.13. The first kappa shape index (κ1) is 20.4. The summed E-state index contributed by atoms with van der Waals surface area (Å²) in [5, 5.41) is 6.85. The molecule has 3 N–H and O–H groups in total. The molecular weight excluding hydrogens is 421 g/mol. The molecule has 0 saturated heterocycles. The number of nitrogens with one attached hydrogen (secondary N) is 3. The van der Waals surface area contributed by atoms with Crippen LogP contribution in [-0.2, 0) is 0 Å². The molecule has 156 valence electrons. The van der Waals surface area contributed by atoms with Crippen molar-refractivity contribution in [1.82, 2.24) is 4.98 Å². The van der Waals surface area contributed by atoms with Gasteiger partial charge in [0, 0.05) is 27.2 Å². The molecule has 4 rings (SSSR count). The molecule has 0 aliphatic heterocycles. The van der Waals surface area contributed by atoms with Gasteiger partial charge in [-0.1, -0.05) is 17.7 Å². The summed E-state index contributed by atoms with van der Waals surface area (Å²) in [7, 11) is 1.46. The van der Waals surface area contributed by atoms with E-state index in [1.165, 1.54) is 25.3 Å². The van der Waals surface area contributed by atoms with Crippen LogP contribution in [0.2, 0.25) is 5.02 Å². The van der Waals surface area contributed by atoms with Crippen LogP contribution in [0.25, 0.3) is 10.9 Å². The molecular formula is C23H17ClFN3O3. The van der Waals surface area contributed by atoms with E-state index in [4.69, 9.17) is 16.3 Å². The number of aromatic nitrogens is 1. The van der Waals surface area contributed by atoms with E-state index in [1.807, 2.05) is 0 Å². The first-order valence-corrected chi connectivity index (χ1v) is 9.65. The SMILES string of the molecule is COc1ccc(NC(=O)c2cc3cc(Cl)ccc3[nH]2)cc1NC(=O)c1cccc(F)c1. The van der Waals surface area contributed by atoms with Gasteiger partial charge >= 0.3 is 0 Å². The summed E-state index contributed by atoms with van der Waals surface area (Å²) in [6.07, 6.45) is 0. The average Bonchev–Trinajstić information content (AvgIpc) is 3.17. The Labute approximate surface area is 182 Å². The van der Waals surface area contributed by atoms with Crippen molar-refractivity contribution in [3.8, 4) is 5.75 Å². The number of carbonyl (C=O) groups excluding carboxylic acids is 2. The van der Waals surface area contributed by atoms with Crippen LogP contribution in [0.1, 0.15) is 20.8 Å². The number of hydrogen-bond acceptors (Lipinski definition) is 3. The molecule has 1 heterocycles. The van der Waals surface area contributed by atoms with Crippen molar-refractivity contribution in [3.63, 3.8) is 0 Å². The van der Waals surface area contributed by atoms with Gasteiger partial charge in [0.15, 0.2) is 0 Å². The normalized spacial score (nSPS) is 10.7. The first-order valence-electron chi connectivity index (χ1n) is 9.27. The second-order valence-corrected chi connectivity index (χ2v) is 7.18. The lowest BCUT2D eigenvalue weighted by molar-refractivity contribution is 0.101. The summed E-state index contributed by atoms with van der Waals surface area (Å²) >= 11 is 6.00. The lowest BCUT2D eigenvalue weighted by Crippen LogP contribution is -2.15. The first-order chi connectivity index (χ1) is 14.9. The van der Waals surface area contributed by atoms with Gasteiger partial charge in [-0.2, -0.15) is 0 Å². The summed E-state index contributed by atoms with van der Waals surface area (Å²) in [6, 6.07) is 17.2. The van der Waals surface area contributed by atoms with Gasteiger partial charge in [-0.3, -0.25) is 9.59 Å². The van der Waals surface area contributed by atoms with Crippen LogP contribution in [0, 0.1) is 5.82 Å². The Morgan fingerprint density at radius 3 is 2.58 bits per heavy atom. The van der Waals surface area contributed by atoms with Crippen LogP contribution in [0.15, 0.2) is 66.7 Å². The number of aromatic amines is 1. The minimum absolute atomic E-state index is 0.160. The highest BCUT2D eigenvalue weighted by Gasteiger charge is 2.14. The van der Waals surface area contributed by atoms with Crippen LogP contribution in [-0.4, -0.2) is 23.9 Å². The van der Waals surface area contributed by atoms with E-state index in [-0.39, 0.29) is 11.5 Å². The molecule has 4 aromatic rings. The maximum absolute atomic E-state index is 13.4. The average molecular weight is 438 g/mol. The fraction of sp³-hybridized carbons (Fsp3) is 0.0435. The highest BCUT2D eigenvalue weighted by Crippen LogP contribution is 2.29. The van der Waals surface area contributed by atoms with Gasteiger partial charge in [-0.15, -0.1) is 0 Å². The van der Waals surface area contributed by atoms with Gasteiger partial charge in [0.1, 0.15) is 17.3 Å². The van der Waals surface area contributed by atoms with Gasteiger partial charge in [-0.25, -0.2) is 4.39 Å². The highest BCUT2D eigenvalue weighted by atomic mass is 35.5. The molecule has 0 fully saturated rings. The molecule has 0 bridgehead atoms. The van der Waals surface area contributed by atoms with E-state index in [0.29, 0.717) is 27.8 Å². The summed E-state index contributed by atoms with van der Waals surface area (Å²) in [5.74, 6) is -0.989. The van der Waals surface area contributed by atoms with Crippen LogP contribution >= 0.6 is 11.6 Å². The van der Waals surface area contributed by atoms with E-state index in [9.17, 15) is 14.0 Å². The van der Waals surface area contributed by atoms with E-state index in [0.717, 1.165) is 17.0 Å². The Hall–Kier alpha value is -3.84. The van der Waals surface area contributed by atoms with E-state index >= 15 is 0 Å². The lowest BCUT2D eigenvalue weighted by atomic mass is 10.2. The Kier molecular flexibility index (Phi) is 5.60. The van der Waals surface area contributed by atoms with Gasteiger partial charge in [-0.05, 0) is 60.7 Å². The number of carbonyl (C=O) groups is 2. The van der Waals surface area contributed by atoms with Gasteiger partial charge < -0.3 is 20.4 Å².